The number of fused-ring (bicyclic) bond motifs is 1. The number of sulfonamides is 2. The van der Waals surface area contributed by atoms with Gasteiger partial charge in [-0.25, -0.2) is 21.1 Å². The summed E-state index contributed by atoms with van der Waals surface area (Å²) in [5.41, 5.74) is 0.565. The van der Waals surface area contributed by atoms with E-state index in [1.807, 2.05) is 0 Å². The second kappa shape index (κ2) is 9.84. The van der Waals surface area contributed by atoms with Gasteiger partial charge in [0.2, 0.25) is 5.09 Å². The summed E-state index contributed by atoms with van der Waals surface area (Å²) in [5, 5.41) is -0.206. The van der Waals surface area contributed by atoms with Crippen LogP contribution in [0.4, 0.5) is 0 Å². The number of carbonyl (C=O) groups excluding carboxylic acids is 1. The molecule has 1 aromatic carbocycles. The van der Waals surface area contributed by atoms with E-state index in [1.54, 1.807) is 18.2 Å². The fourth-order valence-corrected chi connectivity index (χ4v) is 5.04. The summed E-state index contributed by atoms with van der Waals surface area (Å²) in [6.07, 6.45) is 2.19. The molecule has 0 bridgehead atoms. The average molecular weight is 484 g/mol. The number of furan rings is 1. The number of rotatable bonds is 10. The molecule has 1 aliphatic heterocycles. The monoisotopic (exact) mass is 483 g/mol. The van der Waals surface area contributed by atoms with Crippen molar-refractivity contribution in [1.29, 1.82) is 0 Å². The van der Waals surface area contributed by atoms with E-state index in [4.69, 9.17) is 9.15 Å². The number of esters is 1. The van der Waals surface area contributed by atoms with E-state index in [-0.39, 0.29) is 28.8 Å². The van der Waals surface area contributed by atoms with Crippen molar-refractivity contribution < 1.29 is 30.8 Å². The first-order valence-corrected chi connectivity index (χ1v) is 12.9. The van der Waals surface area contributed by atoms with Gasteiger partial charge in [-0.1, -0.05) is 18.6 Å². The van der Waals surface area contributed by atoms with Crippen molar-refractivity contribution in [3.8, 4) is 0 Å². The van der Waals surface area contributed by atoms with Crippen molar-refractivity contribution in [3.05, 3.63) is 47.7 Å². The number of hydrogen-bond donors (Lipinski definition) is 1. The Labute approximate surface area is 187 Å². The minimum atomic E-state index is -3.67. The minimum absolute atomic E-state index is 0.144. The number of ether oxygens (including phenoxy) is 1. The first-order valence-electron chi connectivity index (χ1n) is 9.95. The molecule has 12 heteroatoms. The molecule has 0 unspecified atom stereocenters. The number of nitrogens with zero attached hydrogens (tertiary/aromatic N) is 2. The number of hydrogen-bond acceptors (Lipinski definition) is 8. The van der Waals surface area contributed by atoms with Crippen molar-refractivity contribution >= 4 is 31.9 Å². The summed E-state index contributed by atoms with van der Waals surface area (Å²) in [6.45, 7) is 0.283. The standard InChI is InChI=1S/C20H25N3O7S2/c1-23(2)32(27,28)19-12-11-15(30-19)14-29-18(24)10-4-3-7-13-21-20-16-8-5-6-9-17(16)31(25,26)22-20/h5-6,8-9,11-12H,3-4,7,10,13-14H2,1-2H3,(H,21,22). The molecule has 0 saturated heterocycles. The van der Waals surface area contributed by atoms with Gasteiger partial charge >= 0.3 is 5.97 Å². The van der Waals surface area contributed by atoms with Gasteiger partial charge in [0.1, 0.15) is 18.2 Å². The summed E-state index contributed by atoms with van der Waals surface area (Å²) < 4.78 is 61.9. The van der Waals surface area contributed by atoms with E-state index in [2.05, 4.69) is 9.71 Å². The molecule has 1 N–H and O–H groups in total. The zero-order valence-corrected chi connectivity index (χ0v) is 19.4. The quantitative estimate of drug-likeness (QED) is 0.402. The van der Waals surface area contributed by atoms with Gasteiger partial charge in [0, 0.05) is 32.6 Å². The van der Waals surface area contributed by atoms with Gasteiger partial charge < -0.3 is 9.15 Å². The van der Waals surface area contributed by atoms with E-state index in [0.29, 0.717) is 37.2 Å². The lowest BCUT2D eigenvalue weighted by Gasteiger charge is -2.07. The first-order chi connectivity index (χ1) is 15.1. The van der Waals surface area contributed by atoms with Gasteiger partial charge in [-0.3, -0.25) is 14.5 Å². The molecule has 0 saturated carbocycles. The average Bonchev–Trinajstić information content (AvgIpc) is 3.32. The molecule has 10 nitrogen and oxygen atoms in total. The molecule has 2 aromatic rings. The largest absolute Gasteiger partial charge is 0.457 e. The number of nitrogens with one attached hydrogen (secondary N) is 1. The van der Waals surface area contributed by atoms with E-state index in [9.17, 15) is 21.6 Å². The van der Waals surface area contributed by atoms with E-state index >= 15 is 0 Å². The highest BCUT2D eigenvalue weighted by molar-refractivity contribution is 7.90. The van der Waals surface area contributed by atoms with Gasteiger partial charge in [-0.05, 0) is 37.1 Å². The highest BCUT2D eigenvalue weighted by Gasteiger charge is 2.29. The van der Waals surface area contributed by atoms with Crippen LogP contribution in [0.2, 0.25) is 0 Å². The van der Waals surface area contributed by atoms with E-state index < -0.39 is 26.0 Å². The Morgan fingerprint density at radius 3 is 2.62 bits per heavy atom. The molecule has 0 spiro atoms. The molecule has 1 aliphatic rings. The Hall–Kier alpha value is -2.70. The molecule has 0 atom stereocenters. The van der Waals surface area contributed by atoms with Crippen LogP contribution in [0.1, 0.15) is 37.0 Å². The van der Waals surface area contributed by atoms with Gasteiger partial charge in [-0.2, -0.15) is 0 Å². The molecule has 32 heavy (non-hydrogen) atoms. The smallest absolute Gasteiger partial charge is 0.306 e. The molecule has 0 fully saturated rings. The zero-order chi connectivity index (χ0) is 23.4. The summed E-state index contributed by atoms with van der Waals surface area (Å²) >= 11 is 0. The van der Waals surface area contributed by atoms with E-state index in [0.717, 1.165) is 4.31 Å². The molecule has 0 aliphatic carbocycles. The molecule has 2 heterocycles. The predicted octanol–water partition coefficient (Wildman–Crippen LogP) is 1.87. The highest BCUT2D eigenvalue weighted by Crippen LogP contribution is 2.22. The van der Waals surface area contributed by atoms with Crippen molar-refractivity contribution in [2.24, 2.45) is 4.99 Å². The third-order valence-electron chi connectivity index (χ3n) is 4.72. The zero-order valence-electron chi connectivity index (χ0n) is 17.8. The predicted molar refractivity (Wildman–Crippen MR) is 116 cm³/mol. The van der Waals surface area contributed by atoms with Crippen LogP contribution in [0.3, 0.4) is 0 Å². The van der Waals surface area contributed by atoms with Crippen molar-refractivity contribution in [1.82, 2.24) is 9.03 Å². The molecule has 3 rings (SSSR count). The number of benzene rings is 1. The van der Waals surface area contributed by atoms with Crippen LogP contribution >= 0.6 is 0 Å². The lowest BCUT2D eigenvalue weighted by molar-refractivity contribution is -0.145. The number of unbranched alkanes of at least 4 members (excludes halogenated alkanes) is 2. The fourth-order valence-electron chi connectivity index (χ4n) is 2.98. The Morgan fingerprint density at radius 2 is 1.88 bits per heavy atom. The van der Waals surface area contributed by atoms with Crippen molar-refractivity contribution in [3.63, 3.8) is 0 Å². The van der Waals surface area contributed by atoms with Crippen LogP contribution in [-0.4, -0.2) is 53.6 Å². The number of carbonyl (C=O) groups is 1. The summed E-state index contributed by atoms with van der Waals surface area (Å²) in [4.78, 5) is 16.4. The van der Waals surface area contributed by atoms with Gasteiger partial charge in [0.05, 0.1) is 4.90 Å². The van der Waals surface area contributed by atoms with Crippen molar-refractivity contribution in [2.75, 3.05) is 20.6 Å². The molecular formula is C20H25N3O7S2. The summed E-state index contributed by atoms with van der Waals surface area (Å²) in [5.74, 6) is 0.171. The second-order valence-electron chi connectivity index (χ2n) is 7.31. The van der Waals surface area contributed by atoms with Crippen LogP contribution < -0.4 is 4.72 Å². The second-order valence-corrected chi connectivity index (χ2v) is 11.0. The van der Waals surface area contributed by atoms with Gasteiger partial charge in [-0.15, -0.1) is 0 Å². The van der Waals surface area contributed by atoms with Crippen LogP contribution in [0.25, 0.3) is 0 Å². The Morgan fingerprint density at radius 1 is 1.12 bits per heavy atom. The van der Waals surface area contributed by atoms with Crippen LogP contribution in [0.15, 0.2) is 55.8 Å². The van der Waals surface area contributed by atoms with Crippen LogP contribution in [-0.2, 0) is 36.2 Å². The van der Waals surface area contributed by atoms with Crippen molar-refractivity contribution in [2.45, 2.75) is 42.3 Å². The lowest BCUT2D eigenvalue weighted by atomic mass is 10.2. The van der Waals surface area contributed by atoms with E-state index in [1.165, 1.54) is 32.3 Å². The molecular weight excluding hydrogens is 458 g/mol. The van der Waals surface area contributed by atoms with Gasteiger partial charge in [0.15, 0.2) is 0 Å². The molecule has 0 radical (unpaired) electrons. The van der Waals surface area contributed by atoms with Crippen LogP contribution in [0.5, 0.6) is 0 Å². The number of aliphatic imine (C=N–C) groups is 1. The normalized spacial score (nSPS) is 16.2. The molecule has 0 amide bonds. The number of amidine groups is 1. The molecule has 174 valence electrons. The molecule has 1 aromatic heterocycles. The lowest BCUT2D eigenvalue weighted by Crippen LogP contribution is -2.22. The maximum absolute atomic E-state index is 12.0. The Balaban J connectivity index is 1.37. The summed E-state index contributed by atoms with van der Waals surface area (Å²) in [6, 6.07) is 9.45. The maximum Gasteiger partial charge on any atom is 0.306 e. The third-order valence-corrected chi connectivity index (χ3v) is 7.81. The fraction of sp³-hybridized carbons (Fsp3) is 0.400. The third kappa shape index (κ3) is 5.56. The van der Waals surface area contributed by atoms with Crippen LogP contribution in [0, 0.1) is 0 Å². The Kier molecular flexibility index (Phi) is 7.36. The van der Waals surface area contributed by atoms with Gasteiger partial charge in [0.25, 0.3) is 20.0 Å². The Bertz CT molecular complexity index is 1220. The summed E-state index contributed by atoms with van der Waals surface area (Å²) in [7, 11) is -4.41. The SMILES string of the molecule is CN(C)S(=O)(=O)c1ccc(COC(=O)CCCCCN=C2NS(=O)(=O)c3ccccc32)o1. The topological polar surface area (TPSA) is 135 Å². The first kappa shape index (κ1) is 24.0. The minimum Gasteiger partial charge on any atom is -0.457 e. The highest BCUT2D eigenvalue weighted by atomic mass is 32.2. The maximum atomic E-state index is 12.0.